The highest BCUT2D eigenvalue weighted by molar-refractivity contribution is 8.18. The predicted molar refractivity (Wildman–Crippen MR) is 111 cm³/mol. The first-order chi connectivity index (χ1) is 13.5. The van der Waals surface area contributed by atoms with Crippen molar-refractivity contribution in [3.05, 3.63) is 46.4 Å². The summed E-state index contributed by atoms with van der Waals surface area (Å²) in [5.74, 6) is -0.970. The number of thioether (sulfide) groups is 1. The average Bonchev–Trinajstić information content (AvgIpc) is 3.04. The van der Waals surface area contributed by atoms with Crippen LogP contribution in [-0.4, -0.2) is 47.9 Å². The fourth-order valence-corrected chi connectivity index (χ4v) is 3.86. The van der Waals surface area contributed by atoms with Crippen LogP contribution in [0.5, 0.6) is 0 Å². The summed E-state index contributed by atoms with van der Waals surface area (Å²) in [6.07, 6.45) is 6.65. The van der Waals surface area contributed by atoms with E-state index < -0.39 is 5.97 Å². The number of hydrogen-bond donors (Lipinski definition) is 1. The number of nitrogens with one attached hydrogen (secondary N) is 1. The summed E-state index contributed by atoms with van der Waals surface area (Å²) in [5.41, 5.74) is 2.22. The maximum atomic E-state index is 11.7. The molecule has 1 unspecified atom stereocenters. The van der Waals surface area contributed by atoms with Gasteiger partial charge in [0.1, 0.15) is 0 Å². The molecule has 0 aliphatic carbocycles. The first-order valence-electron chi connectivity index (χ1n) is 9.28. The van der Waals surface area contributed by atoms with Crippen molar-refractivity contribution < 1.29 is 14.3 Å². The lowest BCUT2D eigenvalue weighted by Crippen LogP contribution is -2.36. The van der Waals surface area contributed by atoms with Crippen LogP contribution in [0.1, 0.15) is 37.3 Å². The number of likely N-dealkylation sites (tertiary alicyclic amines) is 1. The lowest BCUT2D eigenvalue weighted by molar-refractivity contribution is -0.135. The Hall–Kier alpha value is -2.45. The third-order valence-corrected chi connectivity index (χ3v) is 5.66. The minimum Gasteiger partial charge on any atom is -0.466 e. The second-order valence-electron chi connectivity index (χ2n) is 6.79. The quantitative estimate of drug-likeness (QED) is 0.356. The maximum Gasteiger partial charge on any atom is 0.331 e. The molecule has 1 aromatic rings. The number of benzene rings is 1. The van der Waals surface area contributed by atoms with Crippen molar-refractivity contribution in [1.29, 1.82) is 0 Å². The zero-order valence-electron chi connectivity index (χ0n) is 16.1. The van der Waals surface area contributed by atoms with E-state index in [4.69, 9.17) is 0 Å². The molecule has 0 bridgehead atoms. The second kappa shape index (κ2) is 9.66. The monoisotopic (exact) mass is 400 g/mol. The molecule has 8 heteroatoms. The van der Waals surface area contributed by atoms with Gasteiger partial charge in [0.2, 0.25) is 0 Å². The number of carbonyl (C=O) groups excluding carboxylic acids is 2. The van der Waals surface area contributed by atoms with Gasteiger partial charge in [0, 0.05) is 18.7 Å². The smallest absolute Gasteiger partial charge is 0.331 e. The van der Waals surface area contributed by atoms with E-state index in [0.717, 1.165) is 36.5 Å². The van der Waals surface area contributed by atoms with Crippen LogP contribution in [0.3, 0.4) is 0 Å². The number of ether oxygens (including phenoxy) is 1. The van der Waals surface area contributed by atoms with Gasteiger partial charge in [-0.05, 0) is 49.2 Å². The highest BCUT2D eigenvalue weighted by Crippen LogP contribution is 2.23. The van der Waals surface area contributed by atoms with Gasteiger partial charge in [-0.1, -0.05) is 30.7 Å². The van der Waals surface area contributed by atoms with Gasteiger partial charge in [-0.25, -0.2) is 4.79 Å². The Kier molecular flexibility index (Phi) is 7.00. The van der Waals surface area contributed by atoms with Crippen molar-refractivity contribution in [3.63, 3.8) is 0 Å². The molecule has 28 heavy (non-hydrogen) atoms. The maximum absolute atomic E-state index is 11.7. The molecule has 1 aromatic carbocycles. The van der Waals surface area contributed by atoms with Gasteiger partial charge in [0.25, 0.3) is 5.91 Å². The van der Waals surface area contributed by atoms with Crippen LogP contribution in [0.25, 0.3) is 0 Å². The van der Waals surface area contributed by atoms with Crippen molar-refractivity contribution in [2.45, 2.75) is 38.8 Å². The molecule has 2 heterocycles. The van der Waals surface area contributed by atoms with Crippen LogP contribution in [0.4, 0.5) is 0 Å². The Bertz CT molecular complexity index is 817. The molecule has 2 aliphatic rings. The molecule has 2 aliphatic heterocycles. The number of carbonyl (C=O) groups is 2. The SMILES string of the molecule is COC(=O)/C=C1/S/C(=N\N=Cc2ccc(CN3CCCCC3C)cc2)NC1=O. The largest absolute Gasteiger partial charge is 0.466 e. The Labute approximate surface area is 168 Å². The minimum absolute atomic E-state index is 0.233. The number of nitrogens with zero attached hydrogens (tertiary/aromatic N) is 3. The third kappa shape index (κ3) is 5.53. The Morgan fingerprint density at radius 2 is 2.14 bits per heavy atom. The summed E-state index contributed by atoms with van der Waals surface area (Å²) in [6, 6.07) is 8.88. The third-order valence-electron chi connectivity index (χ3n) is 4.76. The van der Waals surface area contributed by atoms with Crippen LogP contribution >= 0.6 is 11.8 Å². The highest BCUT2D eigenvalue weighted by Gasteiger charge is 2.25. The van der Waals surface area contributed by atoms with Gasteiger partial charge in [-0.2, -0.15) is 5.10 Å². The summed E-state index contributed by atoms with van der Waals surface area (Å²) in [4.78, 5) is 25.7. The molecule has 0 spiro atoms. The summed E-state index contributed by atoms with van der Waals surface area (Å²) >= 11 is 1.05. The highest BCUT2D eigenvalue weighted by atomic mass is 32.2. The molecule has 0 radical (unpaired) electrons. The average molecular weight is 401 g/mol. The van der Waals surface area contributed by atoms with Crippen molar-refractivity contribution in [3.8, 4) is 0 Å². The van der Waals surface area contributed by atoms with Crippen molar-refractivity contribution >= 4 is 35.0 Å². The Morgan fingerprint density at radius 1 is 1.36 bits per heavy atom. The molecule has 7 nitrogen and oxygen atoms in total. The van der Waals surface area contributed by atoms with E-state index >= 15 is 0 Å². The van der Waals surface area contributed by atoms with E-state index in [2.05, 4.69) is 44.2 Å². The fraction of sp³-hybridized carbons (Fsp3) is 0.400. The van der Waals surface area contributed by atoms with Crippen molar-refractivity contribution in [2.75, 3.05) is 13.7 Å². The molecule has 1 atom stereocenters. The van der Waals surface area contributed by atoms with Gasteiger partial charge in [-0.15, -0.1) is 5.10 Å². The zero-order valence-corrected chi connectivity index (χ0v) is 16.9. The van der Waals surface area contributed by atoms with Crippen LogP contribution in [0, 0.1) is 0 Å². The Balaban J connectivity index is 1.56. The minimum atomic E-state index is -0.582. The van der Waals surface area contributed by atoms with Crippen LogP contribution in [-0.2, 0) is 20.9 Å². The summed E-state index contributed by atoms with van der Waals surface area (Å²) in [7, 11) is 1.26. The van der Waals surface area contributed by atoms with Crippen LogP contribution < -0.4 is 5.32 Å². The standard InChI is InChI=1S/C20H24N4O3S/c1-14-5-3-4-10-24(14)13-16-8-6-15(7-9-16)12-21-23-20-22-19(26)17(28-20)11-18(25)27-2/h6-9,11-12,14H,3-5,10,13H2,1-2H3,(H,22,23,26)/b17-11+,21-12?. The number of amides is 1. The molecular formula is C20H24N4O3S. The lowest BCUT2D eigenvalue weighted by atomic mass is 10.0. The van der Waals surface area contributed by atoms with Crippen LogP contribution in [0.2, 0.25) is 0 Å². The molecule has 0 saturated carbocycles. The van der Waals surface area contributed by atoms with Gasteiger partial charge in [-0.3, -0.25) is 15.0 Å². The molecule has 2 saturated heterocycles. The Morgan fingerprint density at radius 3 is 2.86 bits per heavy atom. The first kappa shape index (κ1) is 20.3. The second-order valence-corrected chi connectivity index (χ2v) is 7.83. The molecule has 1 N–H and O–H groups in total. The molecule has 0 aromatic heterocycles. The number of amidine groups is 1. The number of rotatable bonds is 5. The molecule has 148 valence electrons. The normalized spacial score (nSPS) is 23.5. The van der Waals surface area contributed by atoms with Gasteiger partial charge in [0.15, 0.2) is 5.17 Å². The predicted octanol–water partition coefficient (Wildman–Crippen LogP) is 2.67. The van der Waals surface area contributed by atoms with E-state index in [1.54, 1.807) is 6.21 Å². The van der Waals surface area contributed by atoms with Crippen molar-refractivity contribution in [2.24, 2.45) is 10.2 Å². The lowest BCUT2D eigenvalue weighted by Gasteiger charge is -2.33. The van der Waals surface area contributed by atoms with Crippen molar-refractivity contribution in [1.82, 2.24) is 10.2 Å². The molecule has 3 rings (SSSR count). The van der Waals surface area contributed by atoms with E-state index in [-0.39, 0.29) is 10.8 Å². The van der Waals surface area contributed by atoms with E-state index in [1.165, 1.54) is 31.9 Å². The summed E-state index contributed by atoms with van der Waals surface area (Å²) < 4.78 is 4.52. The first-order valence-corrected chi connectivity index (χ1v) is 10.1. The topological polar surface area (TPSA) is 83.4 Å². The summed E-state index contributed by atoms with van der Waals surface area (Å²) in [5, 5.41) is 10.9. The number of methoxy groups -OCH3 is 1. The molecular weight excluding hydrogens is 376 g/mol. The number of piperidine rings is 1. The van der Waals surface area contributed by atoms with Gasteiger partial charge in [0.05, 0.1) is 18.2 Å². The zero-order chi connectivity index (χ0) is 19.9. The summed E-state index contributed by atoms with van der Waals surface area (Å²) in [6.45, 7) is 4.43. The fourth-order valence-electron chi connectivity index (χ4n) is 3.13. The van der Waals surface area contributed by atoms with E-state index in [1.807, 2.05) is 12.1 Å². The van der Waals surface area contributed by atoms with E-state index in [9.17, 15) is 9.59 Å². The van der Waals surface area contributed by atoms with E-state index in [0.29, 0.717) is 11.2 Å². The molecule has 1 amide bonds. The molecule has 2 fully saturated rings. The number of hydrogen-bond acceptors (Lipinski definition) is 7. The van der Waals surface area contributed by atoms with Gasteiger partial charge < -0.3 is 4.74 Å². The number of esters is 1. The van der Waals surface area contributed by atoms with Crippen LogP contribution in [0.15, 0.2) is 45.4 Å². The van der Waals surface area contributed by atoms with Gasteiger partial charge >= 0.3 is 5.97 Å².